The second-order valence-electron chi connectivity index (χ2n) is 0.439. The summed E-state index contributed by atoms with van der Waals surface area (Å²) in [5, 5.41) is 7.69. The van der Waals surface area contributed by atoms with Gasteiger partial charge in [-0.25, -0.2) is 0 Å². The summed E-state index contributed by atoms with van der Waals surface area (Å²) in [6.07, 6.45) is 0. The molecule has 0 radical (unpaired) electrons. The third kappa shape index (κ3) is 3.39. The van der Waals surface area contributed by atoms with Crippen LogP contribution in [-0.4, -0.2) is 18.4 Å². The summed E-state index contributed by atoms with van der Waals surface area (Å²) in [6, 6.07) is 0. The van der Waals surface area contributed by atoms with Gasteiger partial charge in [0.2, 0.25) is 0 Å². The molecule has 0 heterocycles. The minimum absolute atomic E-state index is 0.0796. The average molecular weight is 92.0 g/mol. The minimum atomic E-state index is -0.598. The van der Waals surface area contributed by atoms with Crippen molar-refractivity contribution >= 4 is 6.47 Å². The van der Waals surface area contributed by atoms with Crippen molar-refractivity contribution in [3.63, 3.8) is 0 Å². The van der Waals surface area contributed by atoms with Crippen molar-refractivity contribution in [2.75, 3.05) is 6.79 Å². The third-order valence-corrected chi connectivity index (χ3v) is 0.160. The summed E-state index contributed by atoms with van der Waals surface area (Å²) in [5.41, 5.74) is 0. The topological polar surface area (TPSA) is 55.8 Å². The molecule has 0 saturated carbocycles. The van der Waals surface area contributed by atoms with Crippen LogP contribution >= 0.6 is 0 Å². The molecule has 0 amide bonds. The van der Waals surface area contributed by atoms with Gasteiger partial charge in [-0.1, -0.05) is 0 Å². The fraction of sp³-hybridized carbons (Fsp3) is 0.500. The van der Waals surface area contributed by atoms with Gasteiger partial charge in [0.1, 0.15) is 0 Å². The molecule has 0 atom stereocenters. The van der Waals surface area contributed by atoms with Gasteiger partial charge in [-0.2, -0.15) is 4.89 Å². The van der Waals surface area contributed by atoms with Gasteiger partial charge in [-0.15, -0.1) is 0 Å². The van der Waals surface area contributed by atoms with Gasteiger partial charge in [0, 0.05) is 0 Å². The van der Waals surface area contributed by atoms with Gasteiger partial charge < -0.3 is 5.11 Å². The zero-order chi connectivity index (χ0) is 4.83. The van der Waals surface area contributed by atoms with E-state index in [1.54, 1.807) is 0 Å². The SMILES string of the molecule is O=COOCO. The predicted molar refractivity (Wildman–Crippen MR) is 15.3 cm³/mol. The van der Waals surface area contributed by atoms with Crippen molar-refractivity contribution in [1.29, 1.82) is 0 Å². The fourth-order valence-corrected chi connectivity index (χ4v) is 0.0582. The molecule has 6 heavy (non-hydrogen) atoms. The first-order chi connectivity index (χ1) is 2.91. The fourth-order valence-electron chi connectivity index (χ4n) is 0.0582. The Bertz CT molecular complexity index is 34.5. The minimum Gasteiger partial charge on any atom is -0.367 e. The molecule has 0 saturated heterocycles. The maximum absolute atomic E-state index is 9.11. The molecule has 0 rings (SSSR count). The second-order valence-corrected chi connectivity index (χ2v) is 0.439. The Morgan fingerprint density at radius 2 is 2.50 bits per heavy atom. The number of hydrogen-bond donors (Lipinski definition) is 1. The van der Waals surface area contributed by atoms with E-state index >= 15 is 0 Å². The van der Waals surface area contributed by atoms with Crippen LogP contribution in [0.3, 0.4) is 0 Å². The molecule has 0 aliphatic carbocycles. The molecule has 4 heteroatoms. The Hall–Kier alpha value is -0.610. The Morgan fingerprint density at radius 3 is 2.67 bits per heavy atom. The third-order valence-electron chi connectivity index (χ3n) is 0.160. The molecule has 4 nitrogen and oxygen atoms in total. The number of aliphatic hydroxyl groups is 1. The lowest BCUT2D eigenvalue weighted by Gasteiger charge is -1.86. The maximum atomic E-state index is 9.11. The van der Waals surface area contributed by atoms with Gasteiger partial charge in [-0.05, 0) is 0 Å². The van der Waals surface area contributed by atoms with Crippen LogP contribution in [0.1, 0.15) is 0 Å². The van der Waals surface area contributed by atoms with Gasteiger partial charge in [0.05, 0.1) is 0 Å². The maximum Gasteiger partial charge on any atom is 0.330 e. The van der Waals surface area contributed by atoms with E-state index in [9.17, 15) is 0 Å². The molecule has 0 fully saturated rings. The van der Waals surface area contributed by atoms with E-state index in [1.807, 2.05) is 0 Å². The number of aliphatic hydroxyl groups excluding tert-OH is 1. The zero-order valence-corrected chi connectivity index (χ0v) is 2.96. The van der Waals surface area contributed by atoms with Gasteiger partial charge in [0.15, 0.2) is 6.79 Å². The number of carbonyl (C=O) groups is 1. The van der Waals surface area contributed by atoms with Crippen LogP contribution in [0.5, 0.6) is 0 Å². The molecular formula is C2H4O4. The number of hydrogen-bond acceptors (Lipinski definition) is 4. The summed E-state index contributed by atoms with van der Waals surface area (Å²) in [6.45, 7) is -0.519. The van der Waals surface area contributed by atoms with Crippen molar-refractivity contribution in [2.45, 2.75) is 0 Å². The molecule has 0 unspecified atom stereocenters. The van der Waals surface area contributed by atoms with Crippen LogP contribution in [0.25, 0.3) is 0 Å². The normalized spacial score (nSPS) is 7.50. The lowest BCUT2D eigenvalue weighted by molar-refractivity contribution is -0.291. The summed E-state index contributed by atoms with van der Waals surface area (Å²) in [7, 11) is 0. The molecule has 0 aromatic carbocycles. The Labute approximate surface area is 34.2 Å². The zero-order valence-electron chi connectivity index (χ0n) is 2.96. The molecule has 0 spiro atoms. The van der Waals surface area contributed by atoms with Gasteiger partial charge >= 0.3 is 6.47 Å². The van der Waals surface area contributed by atoms with Crippen molar-refractivity contribution in [3.8, 4) is 0 Å². The molecule has 0 aliphatic heterocycles. The number of carbonyl (C=O) groups excluding carboxylic acids is 1. The summed E-state index contributed by atoms with van der Waals surface area (Å²) in [4.78, 5) is 16.3. The summed E-state index contributed by atoms with van der Waals surface area (Å²) in [5.74, 6) is 0. The Kier molecular flexibility index (Phi) is 3.94. The van der Waals surface area contributed by atoms with E-state index in [2.05, 4.69) is 9.78 Å². The molecule has 1 N–H and O–H groups in total. The first-order valence-corrected chi connectivity index (χ1v) is 1.24. The van der Waals surface area contributed by atoms with E-state index < -0.39 is 6.79 Å². The van der Waals surface area contributed by atoms with Gasteiger partial charge in [-0.3, -0.25) is 9.68 Å². The highest BCUT2D eigenvalue weighted by Gasteiger charge is 1.71. The lowest BCUT2D eigenvalue weighted by atomic mass is 11.5. The Balaban J connectivity index is 2.49. The van der Waals surface area contributed by atoms with E-state index in [4.69, 9.17) is 9.90 Å². The molecule has 0 aromatic heterocycles. The molecular weight excluding hydrogens is 88.0 g/mol. The van der Waals surface area contributed by atoms with Crippen molar-refractivity contribution < 1.29 is 19.7 Å². The van der Waals surface area contributed by atoms with E-state index in [0.717, 1.165) is 0 Å². The largest absolute Gasteiger partial charge is 0.367 e. The standard InChI is InChI=1S/C2H4O4/c3-1-5-6-2-4/h1,4H,2H2. The van der Waals surface area contributed by atoms with Crippen LogP contribution in [0, 0.1) is 0 Å². The molecule has 0 aromatic rings. The van der Waals surface area contributed by atoms with Crippen LogP contribution in [0.15, 0.2) is 0 Å². The highest BCUT2D eigenvalue weighted by atomic mass is 17.2. The smallest absolute Gasteiger partial charge is 0.330 e. The second kappa shape index (κ2) is 4.39. The van der Waals surface area contributed by atoms with Gasteiger partial charge in [0.25, 0.3) is 0 Å². The monoisotopic (exact) mass is 92.0 g/mol. The molecule has 36 valence electrons. The van der Waals surface area contributed by atoms with E-state index in [1.165, 1.54) is 0 Å². The van der Waals surface area contributed by atoms with Crippen molar-refractivity contribution in [2.24, 2.45) is 0 Å². The molecule has 0 aliphatic rings. The van der Waals surface area contributed by atoms with Crippen molar-refractivity contribution in [1.82, 2.24) is 0 Å². The van der Waals surface area contributed by atoms with Crippen LogP contribution in [0.4, 0.5) is 0 Å². The highest BCUT2D eigenvalue weighted by Crippen LogP contribution is 1.63. The van der Waals surface area contributed by atoms with E-state index in [0.29, 0.717) is 0 Å². The number of rotatable bonds is 3. The quantitative estimate of drug-likeness (QED) is 0.160. The van der Waals surface area contributed by atoms with Crippen LogP contribution in [-0.2, 0) is 14.6 Å². The summed E-state index contributed by atoms with van der Waals surface area (Å²) < 4.78 is 0. The first kappa shape index (κ1) is 5.39. The van der Waals surface area contributed by atoms with E-state index in [-0.39, 0.29) is 6.47 Å². The highest BCUT2D eigenvalue weighted by molar-refractivity contribution is 5.35. The predicted octanol–water partition coefficient (Wildman–Crippen LogP) is -0.959. The lowest BCUT2D eigenvalue weighted by Crippen LogP contribution is -1.91. The van der Waals surface area contributed by atoms with Crippen LogP contribution in [0.2, 0.25) is 0 Å². The van der Waals surface area contributed by atoms with Crippen LogP contribution < -0.4 is 0 Å². The average Bonchev–Trinajstić information content (AvgIpc) is 1.61. The van der Waals surface area contributed by atoms with Crippen molar-refractivity contribution in [3.05, 3.63) is 0 Å². The Morgan fingerprint density at radius 1 is 1.83 bits per heavy atom. The summed E-state index contributed by atoms with van der Waals surface area (Å²) >= 11 is 0. The molecule has 0 bridgehead atoms. The first-order valence-electron chi connectivity index (χ1n) is 1.24.